The molecule has 0 N–H and O–H groups in total. The molecule has 76 valence electrons. The van der Waals surface area contributed by atoms with E-state index in [4.69, 9.17) is 4.74 Å². The number of hydrogen-bond donors (Lipinski definition) is 0. The Balaban J connectivity index is 2.20. The van der Waals surface area contributed by atoms with E-state index in [1.54, 1.807) is 12.3 Å². The van der Waals surface area contributed by atoms with Crippen molar-refractivity contribution in [3.05, 3.63) is 29.7 Å². The first-order chi connectivity index (χ1) is 6.77. The van der Waals surface area contributed by atoms with Crippen molar-refractivity contribution in [2.45, 2.75) is 4.95 Å². The summed E-state index contributed by atoms with van der Waals surface area (Å²) in [6.07, 6.45) is 3.05. The van der Waals surface area contributed by atoms with Gasteiger partial charge in [-0.15, -0.1) is 0 Å². The molecule has 1 aliphatic heterocycles. The van der Waals surface area contributed by atoms with Gasteiger partial charge in [0.2, 0.25) is 6.20 Å². The minimum Gasteiger partial charge on any atom is -0.619 e. The van der Waals surface area contributed by atoms with Crippen molar-refractivity contribution in [1.82, 2.24) is 0 Å². The summed E-state index contributed by atoms with van der Waals surface area (Å²) in [4.78, 5) is 2.26. The summed E-state index contributed by atoms with van der Waals surface area (Å²) in [5.74, 6) is 0. The van der Waals surface area contributed by atoms with Gasteiger partial charge >= 0.3 is 0 Å². The van der Waals surface area contributed by atoms with Gasteiger partial charge in [-0.3, -0.25) is 0 Å². The number of anilines is 1. The third-order valence-electron chi connectivity index (χ3n) is 2.16. The van der Waals surface area contributed by atoms with Crippen molar-refractivity contribution in [3.8, 4) is 0 Å². The topological polar surface area (TPSA) is 39.4 Å². The normalized spacial score (nSPS) is 22.4. The highest BCUT2D eigenvalue weighted by molar-refractivity contribution is 9.09. The fraction of sp³-hybridized carbons (Fsp3) is 0.444. The second-order valence-electron chi connectivity index (χ2n) is 3.12. The van der Waals surface area contributed by atoms with E-state index in [2.05, 4.69) is 20.8 Å². The van der Waals surface area contributed by atoms with Gasteiger partial charge in [0.15, 0.2) is 6.20 Å². The van der Waals surface area contributed by atoms with E-state index in [1.165, 1.54) is 6.20 Å². The molecule has 1 atom stereocenters. The molecule has 0 amide bonds. The SMILES string of the molecule is [O-][n+]1cccc(N2CCOCC2Br)c1. The number of halogens is 1. The summed E-state index contributed by atoms with van der Waals surface area (Å²) in [7, 11) is 0. The Morgan fingerprint density at radius 3 is 3.21 bits per heavy atom. The molecular weight excluding hydrogens is 248 g/mol. The number of ether oxygens (including phenoxy) is 1. The van der Waals surface area contributed by atoms with E-state index in [0.29, 0.717) is 13.2 Å². The Kier molecular flexibility index (Phi) is 2.88. The van der Waals surface area contributed by atoms with E-state index in [0.717, 1.165) is 17.0 Å². The molecule has 14 heavy (non-hydrogen) atoms. The van der Waals surface area contributed by atoms with Crippen LogP contribution < -0.4 is 9.63 Å². The molecule has 1 aliphatic rings. The monoisotopic (exact) mass is 258 g/mol. The number of alkyl halides is 1. The van der Waals surface area contributed by atoms with Crippen molar-refractivity contribution in [2.75, 3.05) is 24.7 Å². The molecule has 1 aromatic rings. The van der Waals surface area contributed by atoms with Crippen LogP contribution in [0.5, 0.6) is 0 Å². The number of hydrogen-bond acceptors (Lipinski definition) is 3. The van der Waals surface area contributed by atoms with Crippen LogP contribution in [-0.4, -0.2) is 24.7 Å². The number of rotatable bonds is 1. The van der Waals surface area contributed by atoms with Crippen LogP contribution in [0.4, 0.5) is 5.69 Å². The summed E-state index contributed by atoms with van der Waals surface area (Å²) in [6.45, 7) is 2.16. The van der Waals surface area contributed by atoms with Gasteiger partial charge in [-0.25, -0.2) is 0 Å². The van der Waals surface area contributed by atoms with Gasteiger partial charge in [0.1, 0.15) is 10.6 Å². The molecule has 1 unspecified atom stereocenters. The van der Waals surface area contributed by atoms with Crippen LogP contribution in [0.3, 0.4) is 0 Å². The van der Waals surface area contributed by atoms with Crippen molar-refractivity contribution in [2.24, 2.45) is 0 Å². The molecule has 4 nitrogen and oxygen atoms in total. The van der Waals surface area contributed by atoms with Crippen LogP contribution >= 0.6 is 15.9 Å². The Hall–Kier alpha value is -0.810. The number of morpholine rings is 1. The van der Waals surface area contributed by atoms with Crippen molar-refractivity contribution >= 4 is 21.6 Å². The second kappa shape index (κ2) is 4.14. The van der Waals surface area contributed by atoms with E-state index < -0.39 is 0 Å². The fourth-order valence-electron chi connectivity index (χ4n) is 1.48. The van der Waals surface area contributed by atoms with Crippen LogP contribution in [0.25, 0.3) is 0 Å². The minimum absolute atomic E-state index is 0.152. The molecule has 0 bridgehead atoms. The zero-order valence-electron chi connectivity index (χ0n) is 7.60. The molecule has 0 aromatic carbocycles. The number of nitrogens with zero attached hydrogens (tertiary/aromatic N) is 2. The predicted molar refractivity (Wildman–Crippen MR) is 56.3 cm³/mol. The summed E-state index contributed by atoms with van der Waals surface area (Å²) < 4.78 is 6.10. The Morgan fingerprint density at radius 2 is 2.50 bits per heavy atom. The maximum absolute atomic E-state index is 11.1. The first kappa shape index (κ1) is 9.73. The van der Waals surface area contributed by atoms with Crippen LogP contribution in [0.2, 0.25) is 0 Å². The lowest BCUT2D eigenvalue weighted by Crippen LogP contribution is -2.43. The fourth-order valence-corrected chi connectivity index (χ4v) is 2.11. The number of aromatic nitrogens is 1. The second-order valence-corrected chi connectivity index (χ2v) is 4.18. The first-order valence-electron chi connectivity index (χ1n) is 4.44. The van der Waals surface area contributed by atoms with Crippen LogP contribution in [0.15, 0.2) is 24.5 Å². The Bertz CT molecular complexity index is 321. The van der Waals surface area contributed by atoms with Crippen LogP contribution in [0.1, 0.15) is 0 Å². The molecule has 2 rings (SSSR count). The Labute approximate surface area is 90.8 Å². The molecule has 0 saturated carbocycles. The molecule has 1 aromatic heterocycles. The smallest absolute Gasteiger partial charge is 0.203 e. The van der Waals surface area contributed by atoms with E-state index in [9.17, 15) is 5.21 Å². The third kappa shape index (κ3) is 1.99. The largest absolute Gasteiger partial charge is 0.619 e. The van der Waals surface area contributed by atoms with Crippen molar-refractivity contribution in [1.29, 1.82) is 0 Å². The average molecular weight is 259 g/mol. The van der Waals surface area contributed by atoms with Gasteiger partial charge < -0.3 is 14.8 Å². The first-order valence-corrected chi connectivity index (χ1v) is 5.36. The van der Waals surface area contributed by atoms with Crippen molar-refractivity contribution in [3.63, 3.8) is 0 Å². The molecule has 2 heterocycles. The zero-order chi connectivity index (χ0) is 9.97. The van der Waals surface area contributed by atoms with Gasteiger partial charge in [0.05, 0.1) is 13.2 Å². The minimum atomic E-state index is 0.152. The quantitative estimate of drug-likeness (QED) is 0.325. The summed E-state index contributed by atoms with van der Waals surface area (Å²) in [5.41, 5.74) is 0.924. The molecule has 1 saturated heterocycles. The maximum atomic E-state index is 11.1. The van der Waals surface area contributed by atoms with E-state index >= 15 is 0 Å². The third-order valence-corrected chi connectivity index (χ3v) is 2.92. The van der Waals surface area contributed by atoms with Gasteiger partial charge in [-0.05, 0) is 6.07 Å². The molecule has 5 heteroatoms. The Morgan fingerprint density at radius 1 is 1.64 bits per heavy atom. The highest BCUT2D eigenvalue weighted by Crippen LogP contribution is 2.20. The average Bonchev–Trinajstić information content (AvgIpc) is 2.18. The molecule has 0 spiro atoms. The lowest BCUT2D eigenvalue weighted by molar-refractivity contribution is -0.604. The highest BCUT2D eigenvalue weighted by atomic mass is 79.9. The van der Waals surface area contributed by atoms with E-state index in [-0.39, 0.29) is 4.95 Å². The van der Waals surface area contributed by atoms with Crippen LogP contribution in [-0.2, 0) is 4.74 Å². The van der Waals surface area contributed by atoms with Gasteiger partial charge in [-0.1, -0.05) is 15.9 Å². The predicted octanol–water partition coefficient (Wildman–Crippen LogP) is 0.878. The van der Waals surface area contributed by atoms with E-state index in [1.807, 2.05) is 6.07 Å². The maximum Gasteiger partial charge on any atom is 0.203 e. The highest BCUT2D eigenvalue weighted by Gasteiger charge is 2.21. The molecule has 0 radical (unpaired) electrons. The summed E-state index contributed by atoms with van der Waals surface area (Å²) in [5, 5.41) is 11.1. The molecule has 1 fully saturated rings. The van der Waals surface area contributed by atoms with Gasteiger partial charge in [-0.2, -0.15) is 4.73 Å². The van der Waals surface area contributed by atoms with Gasteiger partial charge in [0, 0.05) is 12.6 Å². The van der Waals surface area contributed by atoms with Crippen molar-refractivity contribution < 1.29 is 9.47 Å². The lowest BCUT2D eigenvalue weighted by atomic mass is 10.3. The zero-order valence-corrected chi connectivity index (χ0v) is 9.18. The lowest BCUT2D eigenvalue weighted by Gasteiger charge is -2.32. The van der Waals surface area contributed by atoms with Gasteiger partial charge in [0.25, 0.3) is 0 Å². The van der Waals surface area contributed by atoms with Crippen LogP contribution in [0, 0.1) is 5.21 Å². The standard InChI is InChI=1S/C9H11BrN2O2/c10-9-7-14-5-4-12(9)8-2-1-3-11(13)6-8/h1-3,6,9H,4-5,7H2. The molecular formula is C9H11BrN2O2. The summed E-state index contributed by atoms with van der Waals surface area (Å²) >= 11 is 3.51. The molecule has 0 aliphatic carbocycles. The summed E-state index contributed by atoms with van der Waals surface area (Å²) in [6, 6.07) is 3.67. The number of pyridine rings is 1.